The largest absolute Gasteiger partial charge is 0.338 e. The van der Waals surface area contributed by atoms with Crippen LogP contribution >= 0.6 is 11.6 Å². The average molecular weight is 248 g/mol. The third-order valence-electron chi connectivity index (χ3n) is 2.45. The molecule has 1 heterocycles. The number of amides is 3. The van der Waals surface area contributed by atoms with Crippen LogP contribution in [-0.4, -0.2) is 59.8 Å². The molecule has 16 heavy (non-hydrogen) atoms. The van der Waals surface area contributed by atoms with E-state index in [1.54, 1.807) is 9.80 Å². The van der Waals surface area contributed by atoms with Gasteiger partial charge in [-0.15, -0.1) is 11.6 Å². The van der Waals surface area contributed by atoms with Crippen molar-refractivity contribution in [2.45, 2.75) is 19.9 Å². The van der Waals surface area contributed by atoms with Crippen LogP contribution in [0, 0.1) is 0 Å². The fraction of sp³-hybridized carbons (Fsp3) is 0.800. The minimum atomic E-state index is -0.0643. The first-order valence-corrected chi connectivity index (χ1v) is 5.97. The van der Waals surface area contributed by atoms with Gasteiger partial charge >= 0.3 is 6.03 Å². The number of urea groups is 1. The lowest BCUT2D eigenvalue weighted by atomic mass is 10.3. The Hall–Kier alpha value is -0.970. The molecule has 0 aliphatic carbocycles. The standard InChI is InChI=1S/C10H18ClN3O2/c1-8(2)12-10(16)14-5-3-13(4-6-14)9(15)7-11/h8H,3-7H2,1-2H3,(H,12,16). The van der Waals surface area contributed by atoms with Gasteiger partial charge in [-0.25, -0.2) is 4.79 Å². The summed E-state index contributed by atoms with van der Waals surface area (Å²) >= 11 is 5.47. The van der Waals surface area contributed by atoms with E-state index in [2.05, 4.69) is 5.32 Å². The molecule has 0 atom stereocenters. The van der Waals surface area contributed by atoms with Crippen LogP contribution < -0.4 is 5.32 Å². The molecule has 0 unspecified atom stereocenters. The number of halogens is 1. The first kappa shape index (κ1) is 13.1. The van der Waals surface area contributed by atoms with E-state index in [4.69, 9.17) is 11.6 Å². The van der Waals surface area contributed by atoms with Crippen LogP contribution in [0.2, 0.25) is 0 Å². The molecule has 6 heteroatoms. The number of carbonyl (C=O) groups is 2. The van der Waals surface area contributed by atoms with E-state index >= 15 is 0 Å². The van der Waals surface area contributed by atoms with Gasteiger partial charge in [0.25, 0.3) is 0 Å². The molecule has 1 saturated heterocycles. The van der Waals surface area contributed by atoms with Gasteiger partial charge < -0.3 is 15.1 Å². The Balaban J connectivity index is 2.37. The number of hydrogen-bond acceptors (Lipinski definition) is 2. The van der Waals surface area contributed by atoms with Crippen LogP contribution in [0.25, 0.3) is 0 Å². The normalized spacial score (nSPS) is 16.5. The molecule has 0 saturated carbocycles. The van der Waals surface area contributed by atoms with Crippen molar-refractivity contribution < 1.29 is 9.59 Å². The zero-order chi connectivity index (χ0) is 12.1. The number of alkyl halides is 1. The Kier molecular flexibility index (Phi) is 4.86. The van der Waals surface area contributed by atoms with Crippen molar-refractivity contribution in [3.05, 3.63) is 0 Å². The molecule has 1 aliphatic rings. The summed E-state index contributed by atoms with van der Waals surface area (Å²) in [7, 11) is 0. The molecule has 92 valence electrons. The second kappa shape index (κ2) is 5.94. The van der Waals surface area contributed by atoms with Gasteiger partial charge in [0.2, 0.25) is 5.91 Å². The minimum absolute atomic E-state index is 0.0121. The van der Waals surface area contributed by atoms with E-state index in [1.807, 2.05) is 13.8 Å². The SMILES string of the molecule is CC(C)NC(=O)N1CCN(C(=O)CCl)CC1. The Morgan fingerprint density at radius 2 is 1.69 bits per heavy atom. The summed E-state index contributed by atoms with van der Waals surface area (Å²) in [6.07, 6.45) is 0. The number of nitrogens with zero attached hydrogens (tertiary/aromatic N) is 2. The fourth-order valence-electron chi connectivity index (χ4n) is 1.58. The monoisotopic (exact) mass is 247 g/mol. The van der Waals surface area contributed by atoms with Gasteiger partial charge in [-0.05, 0) is 13.8 Å². The highest BCUT2D eigenvalue weighted by Gasteiger charge is 2.23. The van der Waals surface area contributed by atoms with E-state index in [0.29, 0.717) is 26.2 Å². The molecule has 1 N–H and O–H groups in total. The maximum absolute atomic E-state index is 11.6. The van der Waals surface area contributed by atoms with Crippen LogP contribution in [0.3, 0.4) is 0 Å². The number of hydrogen-bond donors (Lipinski definition) is 1. The van der Waals surface area contributed by atoms with Crippen LogP contribution in [0.15, 0.2) is 0 Å². The Bertz CT molecular complexity index is 263. The molecule has 0 radical (unpaired) electrons. The second-order valence-electron chi connectivity index (χ2n) is 4.11. The topological polar surface area (TPSA) is 52.7 Å². The zero-order valence-corrected chi connectivity index (χ0v) is 10.5. The highest BCUT2D eigenvalue weighted by atomic mass is 35.5. The molecule has 0 aromatic rings. The molecule has 3 amide bonds. The second-order valence-corrected chi connectivity index (χ2v) is 4.37. The van der Waals surface area contributed by atoms with Crippen molar-refractivity contribution in [1.82, 2.24) is 15.1 Å². The fourth-order valence-corrected chi connectivity index (χ4v) is 1.75. The van der Waals surface area contributed by atoms with Gasteiger partial charge in [-0.1, -0.05) is 0 Å². The minimum Gasteiger partial charge on any atom is -0.338 e. The van der Waals surface area contributed by atoms with Crippen LogP contribution in [0.4, 0.5) is 4.79 Å². The lowest BCUT2D eigenvalue weighted by molar-refractivity contribution is -0.129. The predicted molar refractivity (Wildman–Crippen MR) is 62.5 cm³/mol. The molecule has 1 aliphatic heterocycles. The number of nitrogens with one attached hydrogen (secondary N) is 1. The maximum atomic E-state index is 11.6. The van der Waals surface area contributed by atoms with Crippen molar-refractivity contribution in [2.75, 3.05) is 32.1 Å². The van der Waals surface area contributed by atoms with Crippen molar-refractivity contribution in [3.8, 4) is 0 Å². The Labute approximate surface area is 101 Å². The molecule has 0 bridgehead atoms. The molecule has 1 fully saturated rings. The first-order chi connectivity index (χ1) is 7.54. The van der Waals surface area contributed by atoms with Crippen LogP contribution in [-0.2, 0) is 4.79 Å². The number of carbonyl (C=O) groups excluding carboxylic acids is 2. The Morgan fingerprint density at radius 3 is 2.12 bits per heavy atom. The van der Waals surface area contributed by atoms with E-state index < -0.39 is 0 Å². The van der Waals surface area contributed by atoms with Crippen molar-refractivity contribution >= 4 is 23.5 Å². The summed E-state index contributed by atoms with van der Waals surface area (Å²) in [5.74, 6) is -0.0522. The Morgan fingerprint density at radius 1 is 1.19 bits per heavy atom. The molecular formula is C10H18ClN3O2. The van der Waals surface area contributed by atoms with E-state index in [-0.39, 0.29) is 23.9 Å². The quantitative estimate of drug-likeness (QED) is 0.722. The molecule has 1 rings (SSSR count). The highest BCUT2D eigenvalue weighted by Crippen LogP contribution is 2.03. The third-order valence-corrected chi connectivity index (χ3v) is 2.67. The van der Waals surface area contributed by atoms with E-state index in [1.165, 1.54) is 0 Å². The summed E-state index contributed by atoms with van der Waals surface area (Å²) in [4.78, 5) is 26.3. The summed E-state index contributed by atoms with van der Waals surface area (Å²) < 4.78 is 0. The maximum Gasteiger partial charge on any atom is 0.317 e. The number of piperazine rings is 1. The summed E-state index contributed by atoms with van der Waals surface area (Å²) in [5.41, 5.74) is 0. The van der Waals surface area contributed by atoms with Gasteiger partial charge in [-0.2, -0.15) is 0 Å². The van der Waals surface area contributed by atoms with Gasteiger partial charge in [0, 0.05) is 32.2 Å². The summed E-state index contributed by atoms with van der Waals surface area (Å²) in [6, 6.07) is 0.0722. The van der Waals surface area contributed by atoms with Crippen molar-refractivity contribution in [1.29, 1.82) is 0 Å². The third kappa shape index (κ3) is 3.56. The summed E-state index contributed by atoms with van der Waals surface area (Å²) in [5, 5.41) is 2.83. The van der Waals surface area contributed by atoms with Gasteiger partial charge in [0.15, 0.2) is 0 Å². The molecule has 0 spiro atoms. The predicted octanol–water partition coefficient (Wildman–Crippen LogP) is 0.487. The molecular weight excluding hydrogens is 230 g/mol. The van der Waals surface area contributed by atoms with Crippen LogP contribution in [0.5, 0.6) is 0 Å². The summed E-state index contributed by atoms with van der Waals surface area (Å²) in [6.45, 7) is 6.12. The molecule has 5 nitrogen and oxygen atoms in total. The van der Waals surface area contributed by atoms with Gasteiger partial charge in [0.05, 0.1) is 0 Å². The van der Waals surface area contributed by atoms with E-state index in [9.17, 15) is 9.59 Å². The van der Waals surface area contributed by atoms with E-state index in [0.717, 1.165) is 0 Å². The zero-order valence-electron chi connectivity index (χ0n) is 9.70. The van der Waals surface area contributed by atoms with Crippen LogP contribution in [0.1, 0.15) is 13.8 Å². The lowest BCUT2D eigenvalue weighted by Gasteiger charge is -2.34. The smallest absolute Gasteiger partial charge is 0.317 e. The van der Waals surface area contributed by atoms with Crippen molar-refractivity contribution in [3.63, 3.8) is 0 Å². The molecule has 0 aromatic heterocycles. The van der Waals surface area contributed by atoms with Gasteiger partial charge in [-0.3, -0.25) is 4.79 Å². The lowest BCUT2D eigenvalue weighted by Crippen LogP contribution is -2.54. The highest BCUT2D eigenvalue weighted by molar-refractivity contribution is 6.27. The van der Waals surface area contributed by atoms with Crippen molar-refractivity contribution in [2.24, 2.45) is 0 Å². The average Bonchev–Trinajstić information content (AvgIpc) is 2.27. The first-order valence-electron chi connectivity index (χ1n) is 5.43. The molecule has 0 aromatic carbocycles. The van der Waals surface area contributed by atoms with Gasteiger partial charge in [0.1, 0.15) is 5.88 Å². The number of rotatable bonds is 2.